The second-order valence-electron chi connectivity index (χ2n) is 4.44. The van der Waals surface area contributed by atoms with E-state index in [2.05, 4.69) is 15.7 Å². The van der Waals surface area contributed by atoms with Gasteiger partial charge in [-0.2, -0.15) is 5.10 Å². The van der Waals surface area contributed by atoms with Crippen LogP contribution in [0.15, 0.2) is 18.5 Å². The van der Waals surface area contributed by atoms with E-state index in [9.17, 15) is 4.79 Å². The summed E-state index contributed by atoms with van der Waals surface area (Å²) in [7, 11) is 0. The Kier molecular flexibility index (Phi) is 4.55. The second kappa shape index (κ2) is 6.39. The highest BCUT2D eigenvalue weighted by Gasteiger charge is 2.19. The van der Waals surface area contributed by atoms with Gasteiger partial charge in [0.05, 0.1) is 0 Å². The van der Waals surface area contributed by atoms with E-state index in [1.807, 2.05) is 16.9 Å². The first-order chi connectivity index (χ1) is 8.36. The highest BCUT2D eigenvalue weighted by atomic mass is 16.1. The summed E-state index contributed by atoms with van der Waals surface area (Å²) in [6.45, 7) is 3.53. The van der Waals surface area contributed by atoms with E-state index in [0.717, 1.165) is 45.4 Å². The highest BCUT2D eigenvalue weighted by molar-refractivity contribution is 5.78. The van der Waals surface area contributed by atoms with Gasteiger partial charge in [-0.1, -0.05) is 0 Å². The molecule has 2 N–H and O–H groups in total. The van der Waals surface area contributed by atoms with Crippen LogP contribution in [-0.2, 0) is 11.3 Å². The number of nitrogens with zero attached hydrogens (tertiary/aromatic N) is 2. The summed E-state index contributed by atoms with van der Waals surface area (Å²) in [5, 5.41) is 10.4. The van der Waals surface area contributed by atoms with Crippen LogP contribution in [0.25, 0.3) is 0 Å². The fourth-order valence-corrected chi connectivity index (χ4v) is 2.11. The van der Waals surface area contributed by atoms with Crippen LogP contribution in [0.3, 0.4) is 0 Å². The van der Waals surface area contributed by atoms with Gasteiger partial charge in [-0.05, 0) is 38.4 Å². The number of hydrogen-bond acceptors (Lipinski definition) is 3. The van der Waals surface area contributed by atoms with E-state index in [0.29, 0.717) is 0 Å². The molecule has 5 heteroatoms. The number of aryl methyl sites for hydroxylation is 1. The zero-order chi connectivity index (χ0) is 11.9. The zero-order valence-electron chi connectivity index (χ0n) is 10.1. The van der Waals surface area contributed by atoms with Gasteiger partial charge in [-0.15, -0.1) is 0 Å². The molecule has 0 radical (unpaired) electrons. The van der Waals surface area contributed by atoms with Crippen molar-refractivity contribution in [3.63, 3.8) is 0 Å². The minimum absolute atomic E-state index is 0.209. The molecule has 0 unspecified atom stereocenters. The first-order valence-corrected chi connectivity index (χ1v) is 6.32. The van der Waals surface area contributed by atoms with Crippen LogP contribution in [-0.4, -0.2) is 35.3 Å². The van der Waals surface area contributed by atoms with Crippen molar-refractivity contribution in [3.8, 4) is 0 Å². The lowest BCUT2D eigenvalue weighted by atomic mass is 9.97. The average Bonchev–Trinajstić information content (AvgIpc) is 2.88. The molecule has 0 aliphatic carbocycles. The van der Waals surface area contributed by atoms with Crippen molar-refractivity contribution in [3.05, 3.63) is 18.5 Å². The molecule has 1 aromatic rings. The Morgan fingerprint density at radius 1 is 1.47 bits per heavy atom. The van der Waals surface area contributed by atoms with Crippen LogP contribution in [0, 0.1) is 5.92 Å². The van der Waals surface area contributed by atoms with Gasteiger partial charge in [0.1, 0.15) is 0 Å². The molecule has 94 valence electrons. The van der Waals surface area contributed by atoms with E-state index in [4.69, 9.17) is 0 Å². The van der Waals surface area contributed by atoms with Gasteiger partial charge in [-0.25, -0.2) is 0 Å². The minimum atomic E-state index is 0.209. The van der Waals surface area contributed by atoms with E-state index >= 15 is 0 Å². The lowest BCUT2D eigenvalue weighted by molar-refractivity contribution is -0.125. The number of rotatable bonds is 5. The molecule has 1 amide bonds. The van der Waals surface area contributed by atoms with Gasteiger partial charge in [0, 0.05) is 31.4 Å². The van der Waals surface area contributed by atoms with E-state index in [1.54, 1.807) is 6.20 Å². The van der Waals surface area contributed by atoms with Gasteiger partial charge >= 0.3 is 0 Å². The van der Waals surface area contributed by atoms with E-state index in [-0.39, 0.29) is 11.8 Å². The zero-order valence-corrected chi connectivity index (χ0v) is 10.1. The molecule has 0 saturated carbocycles. The number of hydrogen-bond donors (Lipinski definition) is 2. The number of piperidine rings is 1. The Morgan fingerprint density at radius 3 is 3.00 bits per heavy atom. The Morgan fingerprint density at radius 2 is 2.29 bits per heavy atom. The number of amides is 1. The number of carbonyl (C=O) groups is 1. The molecule has 2 heterocycles. The monoisotopic (exact) mass is 236 g/mol. The van der Waals surface area contributed by atoms with Gasteiger partial charge in [-0.3, -0.25) is 9.48 Å². The third-order valence-corrected chi connectivity index (χ3v) is 3.13. The van der Waals surface area contributed by atoms with Crippen molar-refractivity contribution in [1.29, 1.82) is 0 Å². The maximum atomic E-state index is 11.8. The largest absolute Gasteiger partial charge is 0.356 e. The SMILES string of the molecule is O=C(NCCCn1cccn1)C1CCNCC1. The minimum Gasteiger partial charge on any atom is -0.356 e. The average molecular weight is 236 g/mol. The van der Waals surface area contributed by atoms with Crippen molar-refractivity contribution < 1.29 is 4.79 Å². The van der Waals surface area contributed by atoms with E-state index < -0.39 is 0 Å². The summed E-state index contributed by atoms with van der Waals surface area (Å²) >= 11 is 0. The van der Waals surface area contributed by atoms with Crippen LogP contribution in [0.1, 0.15) is 19.3 Å². The molecule has 1 aliphatic heterocycles. The normalized spacial score (nSPS) is 16.9. The van der Waals surface area contributed by atoms with Crippen LogP contribution in [0.2, 0.25) is 0 Å². The molecule has 0 atom stereocenters. The highest BCUT2D eigenvalue weighted by Crippen LogP contribution is 2.11. The Labute approximate surface area is 102 Å². The third-order valence-electron chi connectivity index (χ3n) is 3.13. The molecule has 17 heavy (non-hydrogen) atoms. The number of carbonyl (C=O) groups excluding carboxylic acids is 1. The fourth-order valence-electron chi connectivity index (χ4n) is 2.11. The van der Waals surface area contributed by atoms with Crippen molar-refractivity contribution >= 4 is 5.91 Å². The summed E-state index contributed by atoms with van der Waals surface area (Å²) in [5.74, 6) is 0.424. The van der Waals surface area contributed by atoms with Crippen LogP contribution in [0.4, 0.5) is 0 Å². The molecule has 5 nitrogen and oxygen atoms in total. The molecular weight excluding hydrogens is 216 g/mol. The lowest BCUT2D eigenvalue weighted by Crippen LogP contribution is -2.38. The number of aromatic nitrogens is 2. The quantitative estimate of drug-likeness (QED) is 0.727. The second-order valence-corrected chi connectivity index (χ2v) is 4.44. The predicted octanol–water partition coefficient (Wildman–Crippen LogP) is 0.389. The standard InChI is InChI=1S/C12H20N4O/c17-12(11-3-7-13-8-4-11)14-5-1-9-16-10-2-6-15-16/h2,6,10-11,13H,1,3-5,7-9H2,(H,14,17). The molecule has 1 aromatic heterocycles. The van der Waals surface area contributed by atoms with Crippen LogP contribution in [0.5, 0.6) is 0 Å². The van der Waals surface area contributed by atoms with Gasteiger partial charge < -0.3 is 10.6 Å². The summed E-state index contributed by atoms with van der Waals surface area (Å²) < 4.78 is 1.89. The maximum absolute atomic E-state index is 11.8. The predicted molar refractivity (Wildman–Crippen MR) is 65.4 cm³/mol. The molecule has 1 fully saturated rings. The molecule has 1 saturated heterocycles. The maximum Gasteiger partial charge on any atom is 0.223 e. The topological polar surface area (TPSA) is 59.0 Å². The van der Waals surface area contributed by atoms with Crippen LogP contribution >= 0.6 is 0 Å². The molecule has 0 spiro atoms. The van der Waals surface area contributed by atoms with E-state index in [1.165, 1.54) is 0 Å². The summed E-state index contributed by atoms with van der Waals surface area (Å²) in [5.41, 5.74) is 0. The fraction of sp³-hybridized carbons (Fsp3) is 0.667. The van der Waals surface area contributed by atoms with Gasteiger partial charge in [0.15, 0.2) is 0 Å². The van der Waals surface area contributed by atoms with Crippen molar-refractivity contribution in [2.24, 2.45) is 5.92 Å². The van der Waals surface area contributed by atoms with Crippen molar-refractivity contribution in [1.82, 2.24) is 20.4 Å². The lowest BCUT2D eigenvalue weighted by Gasteiger charge is -2.21. The Bertz CT molecular complexity index is 330. The summed E-state index contributed by atoms with van der Waals surface area (Å²) in [4.78, 5) is 11.8. The van der Waals surface area contributed by atoms with Gasteiger partial charge in [0.2, 0.25) is 5.91 Å². The number of nitrogens with one attached hydrogen (secondary N) is 2. The molecule has 0 bridgehead atoms. The molecular formula is C12H20N4O. The van der Waals surface area contributed by atoms with Crippen LogP contribution < -0.4 is 10.6 Å². The van der Waals surface area contributed by atoms with Crippen molar-refractivity contribution in [2.75, 3.05) is 19.6 Å². The Balaban J connectivity index is 1.59. The smallest absolute Gasteiger partial charge is 0.223 e. The molecule has 0 aromatic carbocycles. The van der Waals surface area contributed by atoms with Gasteiger partial charge in [0.25, 0.3) is 0 Å². The first-order valence-electron chi connectivity index (χ1n) is 6.32. The van der Waals surface area contributed by atoms with Crippen molar-refractivity contribution in [2.45, 2.75) is 25.8 Å². The summed E-state index contributed by atoms with van der Waals surface area (Å²) in [6, 6.07) is 1.91. The first kappa shape index (κ1) is 12.1. The molecule has 2 rings (SSSR count). The molecule has 1 aliphatic rings. The summed E-state index contributed by atoms with van der Waals surface area (Å²) in [6.07, 6.45) is 6.57. The third kappa shape index (κ3) is 3.85. The Hall–Kier alpha value is -1.36.